The normalized spacial score (nSPS) is 16.3. The molecule has 3 unspecified atom stereocenters. The lowest BCUT2D eigenvalue weighted by Crippen LogP contribution is -2.41. The lowest BCUT2D eigenvalue weighted by molar-refractivity contribution is -0.0997. The van der Waals surface area contributed by atoms with E-state index >= 15 is 0 Å². The number of ether oxygens (including phenoxy) is 1. The first-order valence-electron chi connectivity index (χ1n) is 7.36. The van der Waals surface area contributed by atoms with Crippen LogP contribution in [0.25, 0.3) is 0 Å². The highest BCUT2D eigenvalue weighted by molar-refractivity contribution is 4.74. The monoisotopic (exact) mass is 278 g/mol. The van der Waals surface area contributed by atoms with E-state index < -0.39 is 24.9 Å². The molecule has 0 aromatic rings. The van der Waals surface area contributed by atoms with Crippen LogP contribution in [0.4, 0.5) is 0 Å². The van der Waals surface area contributed by atoms with E-state index in [1.165, 1.54) is 32.1 Å². The number of aliphatic hydroxyl groups is 4. The van der Waals surface area contributed by atoms with Gasteiger partial charge in [0, 0.05) is 6.61 Å². The Balaban J connectivity index is 3.34. The smallest absolute Gasteiger partial charge is 0.110 e. The van der Waals surface area contributed by atoms with E-state index in [1.807, 2.05) is 0 Å². The first-order valence-corrected chi connectivity index (χ1v) is 7.36. The molecule has 0 fully saturated rings. The molecule has 0 aliphatic heterocycles. The zero-order valence-electron chi connectivity index (χ0n) is 12.0. The molecule has 0 saturated carbocycles. The van der Waals surface area contributed by atoms with Crippen molar-refractivity contribution in [2.45, 2.75) is 70.2 Å². The molecule has 0 aliphatic rings. The van der Waals surface area contributed by atoms with Gasteiger partial charge in [0.05, 0.1) is 13.2 Å². The number of hydrogen-bond donors (Lipinski definition) is 4. The summed E-state index contributed by atoms with van der Waals surface area (Å²) in [7, 11) is 0. The van der Waals surface area contributed by atoms with Crippen LogP contribution in [0.3, 0.4) is 0 Å². The summed E-state index contributed by atoms with van der Waals surface area (Å²) < 4.78 is 5.24. The summed E-state index contributed by atoms with van der Waals surface area (Å²) in [5.74, 6) is 0. The molecule has 0 bridgehead atoms. The molecule has 0 amide bonds. The predicted molar refractivity (Wildman–Crippen MR) is 73.9 cm³/mol. The van der Waals surface area contributed by atoms with E-state index in [-0.39, 0.29) is 6.61 Å². The summed E-state index contributed by atoms with van der Waals surface area (Å²) in [6, 6.07) is 0. The van der Waals surface area contributed by atoms with E-state index in [9.17, 15) is 10.2 Å². The summed E-state index contributed by atoms with van der Waals surface area (Å²) in [6.07, 6.45) is 4.52. The SMILES string of the molecule is CCCCCCCCCOCC(O)C(O)C(O)CO. The first-order chi connectivity index (χ1) is 9.13. The van der Waals surface area contributed by atoms with Crippen molar-refractivity contribution in [1.29, 1.82) is 0 Å². The maximum absolute atomic E-state index is 9.47. The molecule has 0 aromatic heterocycles. The van der Waals surface area contributed by atoms with Crippen LogP contribution in [0.1, 0.15) is 51.9 Å². The van der Waals surface area contributed by atoms with E-state index in [4.69, 9.17) is 14.9 Å². The molecule has 19 heavy (non-hydrogen) atoms. The number of unbranched alkanes of at least 4 members (excludes halogenated alkanes) is 6. The molecule has 0 aliphatic carbocycles. The molecule has 0 aromatic carbocycles. The van der Waals surface area contributed by atoms with Gasteiger partial charge in [0.25, 0.3) is 0 Å². The van der Waals surface area contributed by atoms with Gasteiger partial charge in [-0.15, -0.1) is 0 Å². The largest absolute Gasteiger partial charge is 0.394 e. The van der Waals surface area contributed by atoms with Crippen molar-refractivity contribution in [1.82, 2.24) is 0 Å². The van der Waals surface area contributed by atoms with E-state index in [1.54, 1.807) is 0 Å². The molecule has 3 atom stereocenters. The minimum absolute atomic E-state index is 0.0198. The molecule has 5 nitrogen and oxygen atoms in total. The van der Waals surface area contributed by atoms with Gasteiger partial charge in [0.2, 0.25) is 0 Å². The molecule has 116 valence electrons. The molecule has 0 radical (unpaired) electrons. The first kappa shape index (κ1) is 18.8. The van der Waals surface area contributed by atoms with Crippen molar-refractivity contribution in [3.05, 3.63) is 0 Å². The fourth-order valence-electron chi connectivity index (χ4n) is 1.83. The van der Waals surface area contributed by atoms with Crippen molar-refractivity contribution in [3.63, 3.8) is 0 Å². The fourth-order valence-corrected chi connectivity index (χ4v) is 1.83. The Morgan fingerprint density at radius 2 is 1.42 bits per heavy atom. The average Bonchev–Trinajstić information content (AvgIpc) is 2.43. The number of rotatable bonds is 13. The third-order valence-electron chi connectivity index (χ3n) is 3.16. The highest BCUT2D eigenvalue weighted by Gasteiger charge is 2.23. The van der Waals surface area contributed by atoms with Gasteiger partial charge in [-0.05, 0) is 6.42 Å². The van der Waals surface area contributed by atoms with E-state index in [2.05, 4.69) is 6.92 Å². The van der Waals surface area contributed by atoms with Gasteiger partial charge in [-0.25, -0.2) is 0 Å². The highest BCUT2D eigenvalue weighted by Crippen LogP contribution is 2.07. The maximum Gasteiger partial charge on any atom is 0.110 e. The van der Waals surface area contributed by atoms with Gasteiger partial charge in [0.15, 0.2) is 0 Å². The van der Waals surface area contributed by atoms with Crippen LogP contribution in [0.15, 0.2) is 0 Å². The van der Waals surface area contributed by atoms with Crippen LogP contribution in [0.5, 0.6) is 0 Å². The molecular weight excluding hydrogens is 248 g/mol. The Labute approximate surface area is 116 Å². The Hall–Kier alpha value is -0.200. The van der Waals surface area contributed by atoms with Crippen LogP contribution in [0, 0.1) is 0 Å². The minimum atomic E-state index is -1.36. The fraction of sp³-hybridized carbons (Fsp3) is 1.00. The second-order valence-electron chi connectivity index (χ2n) is 5.00. The molecule has 0 heterocycles. The van der Waals surface area contributed by atoms with Crippen molar-refractivity contribution in [2.24, 2.45) is 0 Å². The third-order valence-corrected chi connectivity index (χ3v) is 3.16. The molecule has 5 heteroatoms. The van der Waals surface area contributed by atoms with Crippen molar-refractivity contribution in [3.8, 4) is 0 Å². The summed E-state index contributed by atoms with van der Waals surface area (Å²) in [5.41, 5.74) is 0. The second-order valence-corrected chi connectivity index (χ2v) is 5.00. The Morgan fingerprint density at radius 1 is 0.842 bits per heavy atom. The van der Waals surface area contributed by atoms with Gasteiger partial charge in [0.1, 0.15) is 18.3 Å². The van der Waals surface area contributed by atoms with Crippen LogP contribution in [0.2, 0.25) is 0 Å². The summed E-state index contributed by atoms with van der Waals surface area (Å²) in [5, 5.41) is 36.6. The van der Waals surface area contributed by atoms with Gasteiger partial charge < -0.3 is 25.2 Å². The third kappa shape index (κ3) is 10.3. The van der Waals surface area contributed by atoms with Crippen molar-refractivity contribution in [2.75, 3.05) is 19.8 Å². The van der Waals surface area contributed by atoms with Gasteiger partial charge in [-0.1, -0.05) is 45.4 Å². The number of aliphatic hydroxyl groups excluding tert-OH is 4. The Morgan fingerprint density at radius 3 is 2.00 bits per heavy atom. The summed E-state index contributed by atoms with van der Waals surface area (Å²) >= 11 is 0. The summed E-state index contributed by atoms with van der Waals surface area (Å²) in [4.78, 5) is 0. The lowest BCUT2D eigenvalue weighted by Gasteiger charge is -2.21. The Kier molecular flexibility index (Phi) is 12.7. The van der Waals surface area contributed by atoms with Crippen LogP contribution >= 0.6 is 0 Å². The maximum atomic E-state index is 9.47. The second kappa shape index (κ2) is 12.8. The van der Waals surface area contributed by atoms with Crippen LogP contribution in [-0.2, 0) is 4.74 Å². The van der Waals surface area contributed by atoms with Crippen molar-refractivity contribution >= 4 is 0 Å². The zero-order valence-corrected chi connectivity index (χ0v) is 12.0. The molecule has 0 spiro atoms. The van der Waals surface area contributed by atoms with Crippen LogP contribution in [-0.4, -0.2) is 58.6 Å². The Bertz CT molecular complexity index is 189. The van der Waals surface area contributed by atoms with Gasteiger partial charge in [-0.3, -0.25) is 0 Å². The van der Waals surface area contributed by atoms with Crippen LogP contribution < -0.4 is 0 Å². The van der Waals surface area contributed by atoms with E-state index in [0.717, 1.165) is 12.8 Å². The predicted octanol–water partition coefficient (Wildman–Crippen LogP) is 0.829. The minimum Gasteiger partial charge on any atom is -0.394 e. The summed E-state index contributed by atoms with van der Waals surface area (Å²) in [6.45, 7) is 2.15. The topological polar surface area (TPSA) is 90.2 Å². The van der Waals surface area contributed by atoms with Crippen molar-refractivity contribution < 1.29 is 25.2 Å². The quantitative estimate of drug-likeness (QED) is 0.375. The molecule has 0 saturated heterocycles. The molecular formula is C14H30O5. The average molecular weight is 278 g/mol. The number of hydrogen-bond acceptors (Lipinski definition) is 5. The van der Waals surface area contributed by atoms with Gasteiger partial charge in [-0.2, -0.15) is 0 Å². The standard InChI is InChI=1S/C14H30O5/c1-2-3-4-5-6-7-8-9-19-11-13(17)14(18)12(16)10-15/h12-18H,2-11H2,1H3. The zero-order chi connectivity index (χ0) is 14.5. The lowest BCUT2D eigenvalue weighted by atomic mass is 10.1. The van der Waals surface area contributed by atoms with E-state index in [0.29, 0.717) is 6.61 Å². The molecule has 0 rings (SSSR count). The van der Waals surface area contributed by atoms with Gasteiger partial charge >= 0.3 is 0 Å². The molecule has 4 N–H and O–H groups in total. The highest BCUT2D eigenvalue weighted by atomic mass is 16.5.